The summed E-state index contributed by atoms with van der Waals surface area (Å²) < 4.78 is 44.9. The lowest BCUT2D eigenvalue weighted by molar-refractivity contribution is -0.192. The number of aliphatic carboxylic acids is 1. The smallest absolute Gasteiger partial charge is 0.475 e. The molecule has 31 heavy (non-hydrogen) atoms. The third-order valence-electron chi connectivity index (χ3n) is 4.82. The molecule has 2 atom stereocenters. The van der Waals surface area contributed by atoms with Gasteiger partial charge >= 0.3 is 12.1 Å². The number of thiophene rings is 1. The summed E-state index contributed by atoms with van der Waals surface area (Å²) in [7, 11) is 3.69. The Labute approximate surface area is 183 Å². The molecule has 7 nitrogen and oxygen atoms in total. The number of hydrogen-bond acceptors (Lipinski definition) is 6. The molecule has 0 aliphatic carbocycles. The van der Waals surface area contributed by atoms with Gasteiger partial charge in [0.05, 0.1) is 25.5 Å². The van der Waals surface area contributed by atoms with Crippen molar-refractivity contribution in [2.24, 2.45) is 7.05 Å². The van der Waals surface area contributed by atoms with Crippen LogP contribution in [0.3, 0.4) is 0 Å². The molecule has 0 unspecified atom stereocenters. The van der Waals surface area contributed by atoms with Crippen molar-refractivity contribution in [3.63, 3.8) is 0 Å². The Morgan fingerprint density at radius 2 is 2.06 bits per heavy atom. The highest BCUT2D eigenvalue weighted by atomic mass is 32.1. The Morgan fingerprint density at radius 1 is 1.35 bits per heavy atom. The molecular weight excluding hydrogens is 435 g/mol. The molecule has 174 valence electrons. The molecule has 1 fully saturated rings. The predicted octanol–water partition coefficient (Wildman–Crippen LogP) is 3.27. The number of carboxylic acids is 1. The van der Waals surface area contributed by atoms with Crippen molar-refractivity contribution in [1.29, 1.82) is 0 Å². The number of rotatable bonds is 8. The number of hydrogen-bond donors (Lipinski definition) is 1. The van der Waals surface area contributed by atoms with E-state index in [0.29, 0.717) is 19.3 Å². The lowest BCUT2D eigenvalue weighted by Gasteiger charge is -2.27. The maximum Gasteiger partial charge on any atom is 0.490 e. The van der Waals surface area contributed by atoms with Crippen molar-refractivity contribution >= 4 is 17.3 Å². The molecule has 0 aromatic carbocycles. The standard InChI is InChI=1S/C18H27N3O2S.C2HF3O2/c1-14-4-5-16(24-14)13-21-7-6-18(23-9-8-22-3)17(21)10-15-11-19-20(2)12-15;3-2(4,5)1(6)7/h4-5,11-12,17-18H,6-10,13H2,1-3H3;(H,6,7)/t17-,18-;/m0./s1. The molecule has 1 aliphatic heterocycles. The first-order valence-corrected chi connectivity index (χ1v) is 10.6. The Balaban J connectivity index is 0.000000423. The van der Waals surface area contributed by atoms with Gasteiger partial charge in [-0.15, -0.1) is 11.3 Å². The SMILES string of the molecule is COCCO[C@H]1CCN(Cc2ccc(C)s2)[C@H]1Cc1cnn(C)c1.O=C(O)C(F)(F)F. The van der Waals surface area contributed by atoms with E-state index >= 15 is 0 Å². The van der Waals surface area contributed by atoms with Crippen LogP contribution in [0.2, 0.25) is 0 Å². The maximum atomic E-state index is 10.6. The van der Waals surface area contributed by atoms with E-state index in [0.717, 1.165) is 25.9 Å². The van der Waals surface area contributed by atoms with Crippen LogP contribution in [0.15, 0.2) is 24.5 Å². The van der Waals surface area contributed by atoms with E-state index in [9.17, 15) is 13.2 Å². The summed E-state index contributed by atoms with van der Waals surface area (Å²) in [5, 5.41) is 11.4. The molecule has 11 heteroatoms. The summed E-state index contributed by atoms with van der Waals surface area (Å²) in [4.78, 5) is 14.3. The summed E-state index contributed by atoms with van der Waals surface area (Å²) >= 11 is 1.89. The lowest BCUT2D eigenvalue weighted by atomic mass is 10.0. The summed E-state index contributed by atoms with van der Waals surface area (Å²) in [6.07, 6.45) is 1.33. The van der Waals surface area contributed by atoms with E-state index in [1.54, 1.807) is 7.11 Å². The third kappa shape index (κ3) is 8.24. The first kappa shape index (κ1) is 25.3. The van der Waals surface area contributed by atoms with Crippen molar-refractivity contribution in [1.82, 2.24) is 14.7 Å². The summed E-state index contributed by atoms with van der Waals surface area (Å²) in [6.45, 7) is 5.58. The van der Waals surface area contributed by atoms with Gasteiger partial charge in [0.2, 0.25) is 0 Å². The fourth-order valence-electron chi connectivity index (χ4n) is 3.41. The third-order valence-corrected chi connectivity index (χ3v) is 5.80. The molecule has 0 spiro atoms. The van der Waals surface area contributed by atoms with Crippen LogP contribution in [-0.4, -0.2) is 70.9 Å². The van der Waals surface area contributed by atoms with Gasteiger partial charge in [-0.1, -0.05) is 0 Å². The van der Waals surface area contributed by atoms with Gasteiger partial charge < -0.3 is 14.6 Å². The van der Waals surface area contributed by atoms with E-state index in [-0.39, 0.29) is 6.10 Å². The van der Waals surface area contributed by atoms with Gasteiger partial charge in [0.1, 0.15) is 0 Å². The molecule has 0 amide bonds. The van der Waals surface area contributed by atoms with Crippen molar-refractivity contribution in [3.05, 3.63) is 39.8 Å². The van der Waals surface area contributed by atoms with Gasteiger partial charge in [0.15, 0.2) is 0 Å². The molecule has 2 aromatic rings. The average molecular weight is 464 g/mol. The fraction of sp³-hybridized carbons (Fsp3) is 0.600. The number of aryl methyl sites for hydroxylation is 2. The number of carboxylic acid groups (broad SMARTS) is 1. The van der Waals surface area contributed by atoms with Crippen LogP contribution in [0.25, 0.3) is 0 Å². The molecule has 1 N–H and O–H groups in total. The highest BCUT2D eigenvalue weighted by Crippen LogP contribution is 2.28. The highest BCUT2D eigenvalue weighted by molar-refractivity contribution is 7.11. The van der Waals surface area contributed by atoms with Crippen molar-refractivity contribution in [2.75, 3.05) is 26.9 Å². The number of nitrogens with zero attached hydrogens (tertiary/aromatic N) is 3. The van der Waals surface area contributed by atoms with Gasteiger partial charge in [-0.05, 0) is 37.5 Å². The predicted molar refractivity (Wildman–Crippen MR) is 110 cm³/mol. The zero-order valence-corrected chi connectivity index (χ0v) is 18.6. The van der Waals surface area contributed by atoms with E-state index in [2.05, 4.69) is 35.3 Å². The second-order valence-electron chi connectivity index (χ2n) is 7.27. The van der Waals surface area contributed by atoms with Crippen LogP contribution in [-0.2, 0) is 34.3 Å². The van der Waals surface area contributed by atoms with Crippen LogP contribution < -0.4 is 0 Å². The fourth-order valence-corrected chi connectivity index (χ4v) is 4.33. The quantitative estimate of drug-likeness (QED) is 0.606. The van der Waals surface area contributed by atoms with Crippen LogP contribution in [0.4, 0.5) is 13.2 Å². The molecular formula is C20H28F3N3O4S. The number of ether oxygens (including phenoxy) is 2. The largest absolute Gasteiger partial charge is 0.490 e. The van der Waals surface area contributed by atoms with Gasteiger partial charge in [0.25, 0.3) is 0 Å². The number of halogens is 3. The van der Waals surface area contributed by atoms with E-state index in [1.807, 2.05) is 29.3 Å². The Bertz CT molecular complexity index is 825. The topological polar surface area (TPSA) is 76.8 Å². The number of likely N-dealkylation sites (tertiary alicyclic amines) is 1. The Morgan fingerprint density at radius 3 is 2.58 bits per heavy atom. The van der Waals surface area contributed by atoms with Crippen molar-refractivity contribution in [2.45, 2.75) is 44.6 Å². The van der Waals surface area contributed by atoms with Crippen molar-refractivity contribution in [3.8, 4) is 0 Å². The van der Waals surface area contributed by atoms with Gasteiger partial charge in [-0.25, -0.2) is 4.79 Å². The maximum absolute atomic E-state index is 10.6. The molecule has 3 heterocycles. The Hall–Kier alpha value is -1.95. The number of aromatic nitrogens is 2. The minimum absolute atomic E-state index is 0.265. The van der Waals surface area contributed by atoms with Crippen LogP contribution in [0, 0.1) is 6.92 Å². The normalized spacial score (nSPS) is 19.3. The molecule has 0 saturated carbocycles. The van der Waals surface area contributed by atoms with Gasteiger partial charge in [-0.2, -0.15) is 18.3 Å². The zero-order valence-electron chi connectivity index (χ0n) is 17.8. The first-order chi connectivity index (χ1) is 14.6. The molecule has 2 aromatic heterocycles. The van der Waals surface area contributed by atoms with Gasteiger partial charge in [0, 0.05) is 49.2 Å². The summed E-state index contributed by atoms with van der Waals surface area (Å²) in [5.41, 5.74) is 1.28. The van der Waals surface area contributed by atoms with Crippen molar-refractivity contribution < 1.29 is 32.5 Å². The second kappa shape index (κ2) is 11.6. The monoisotopic (exact) mass is 463 g/mol. The summed E-state index contributed by atoms with van der Waals surface area (Å²) in [5.74, 6) is -2.76. The molecule has 1 saturated heterocycles. The molecule has 0 radical (unpaired) electrons. The first-order valence-electron chi connectivity index (χ1n) is 9.77. The van der Waals surface area contributed by atoms with E-state index in [1.165, 1.54) is 15.3 Å². The highest BCUT2D eigenvalue weighted by Gasteiger charge is 2.38. The number of methoxy groups -OCH3 is 1. The minimum atomic E-state index is -5.08. The minimum Gasteiger partial charge on any atom is -0.475 e. The molecule has 0 bridgehead atoms. The molecule has 1 aliphatic rings. The van der Waals surface area contributed by atoms with Gasteiger partial charge in [-0.3, -0.25) is 9.58 Å². The second-order valence-corrected chi connectivity index (χ2v) is 8.64. The lowest BCUT2D eigenvalue weighted by Crippen LogP contribution is -2.38. The summed E-state index contributed by atoms with van der Waals surface area (Å²) in [6, 6.07) is 4.85. The zero-order chi connectivity index (χ0) is 23.0. The van der Waals surface area contributed by atoms with Crippen LogP contribution >= 0.6 is 11.3 Å². The number of alkyl halides is 3. The van der Waals surface area contributed by atoms with E-state index in [4.69, 9.17) is 19.4 Å². The van der Waals surface area contributed by atoms with Crippen LogP contribution in [0.5, 0.6) is 0 Å². The van der Waals surface area contributed by atoms with Crippen LogP contribution in [0.1, 0.15) is 21.7 Å². The Kier molecular flexibility index (Phi) is 9.48. The number of carbonyl (C=O) groups is 1. The molecule has 3 rings (SSSR count). The van der Waals surface area contributed by atoms with E-state index < -0.39 is 12.1 Å². The average Bonchev–Trinajstić information content (AvgIpc) is 3.38.